The molecule has 2 aromatic heterocycles. The van der Waals surface area contributed by atoms with E-state index in [2.05, 4.69) is 73.3 Å². The third kappa shape index (κ3) is 7.87. The number of rotatable bonds is 11. The van der Waals surface area contributed by atoms with Gasteiger partial charge in [0.2, 0.25) is 0 Å². The normalized spacial score (nSPS) is 12.4. The van der Waals surface area contributed by atoms with Crippen LogP contribution < -0.4 is 16.4 Å². The number of fused-ring (bicyclic) bond motifs is 1. The minimum Gasteiger partial charge on any atom is -0.397 e. The van der Waals surface area contributed by atoms with Crippen molar-refractivity contribution in [2.45, 2.75) is 39.5 Å². The number of aromatic nitrogens is 2. The van der Waals surface area contributed by atoms with Crippen LogP contribution in [0.3, 0.4) is 0 Å². The first kappa shape index (κ1) is 32.3. The van der Waals surface area contributed by atoms with Gasteiger partial charge in [-0.3, -0.25) is 9.97 Å². The monoisotopic (exact) mass is 591 g/mol. The van der Waals surface area contributed by atoms with E-state index in [0.717, 1.165) is 62.9 Å². The Bertz CT molecular complexity index is 1790. The van der Waals surface area contributed by atoms with Gasteiger partial charge in [-0.15, -0.1) is 12.8 Å². The predicted molar refractivity (Wildman–Crippen MR) is 192 cm³/mol. The third-order valence-corrected chi connectivity index (χ3v) is 7.88. The Balaban J connectivity index is 0.00000226. The molecule has 0 unspecified atom stereocenters. The van der Waals surface area contributed by atoms with Crippen LogP contribution in [0.2, 0.25) is 0 Å². The molecule has 0 fully saturated rings. The second-order valence-electron chi connectivity index (χ2n) is 10.9. The Labute approximate surface area is 268 Å². The van der Waals surface area contributed by atoms with Gasteiger partial charge in [0, 0.05) is 35.3 Å². The van der Waals surface area contributed by atoms with Gasteiger partial charge in [0.15, 0.2) is 0 Å². The molecule has 1 aliphatic carbocycles. The van der Waals surface area contributed by atoms with E-state index < -0.39 is 0 Å². The van der Waals surface area contributed by atoms with Crippen molar-refractivity contribution >= 4 is 22.6 Å². The fraction of sp³-hybridized carbons (Fsp3) is 0.150. The molecule has 2 aromatic carbocycles. The Morgan fingerprint density at radius 1 is 1.00 bits per heavy atom. The van der Waals surface area contributed by atoms with Crippen molar-refractivity contribution < 1.29 is 0 Å². The van der Waals surface area contributed by atoms with Gasteiger partial charge in [-0.25, -0.2) is 0 Å². The molecule has 0 radical (unpaired) electrons. The number of benzene rings is 2. The summed E-state index contributed by atoms with van der Waals surface area (Å²) in [5.41, 5.74) is 20.2. The zero-order valence-electron chi connectivity index (χ0n) is 26.2. The summed E-state index contributed by atoms with van der Waals surface area (Å²) in [5.74, 6) is 0. The Kier molecular flexibility index (Phi) is 10.9. The zero-order valence-corrected chi connectivity index (χ0v) is 26.2. The summed E-state index contributed by atoms with van der Waals surface area (Å²) in [7, 11) is 0. The molecule has 226 valence electrons. The number of nitrogens with one attached hydrogen (secondary N) is 2. The van der Waals surface area contributed by atoms with Crippen LogP contribution in [0.4, 0.5) is 11.4 Å². The SMILES string of the molecule is C#C.C=C/C(=C\C(=C/C)c1ccc(N)c(CC(=C)Nc2cncc(-c3ccc4c(c3)CCC4)c2C)n1)NC(=C)c1ccccc1. The number of hydrogen-bond donors (Lipinski definition) is 3. The summed E-state index contributed by atoms with van der Waals surface area (Å²) in [5, 5.41) is 6.84. The quantitative estimate of drug-likeness (QED) is 0.120. The van der Waals surface area contributed by atoms with Crippen molar-refractivity contribution in [3.05, 3.63) is 156 Å². The molecular weight excluding hydrogens is 550 g/mol. The standard InChI is InChI=1S/C38H39N5.C2H2/c1-6-28(22-33(7-2)42-27(5)29-12-9-8-10-13-29)36-19-18-35(39)37(43-36)20-25(3)41-38-24-40-23-34(26(38)4)32-17-16-30-14-11-15-31(30)21-32;1-2/h6-10,12-13,16-19,21-24,41-42H,2-3,5,11,14-15,20,39H2,1,4H3;1-2H/b28-6+,33-22+;. The molecule has 45 heavy (non-hydrogen) atoms. The highest BCUT2D eigenvalue weighted by Crippen LogP contribution is 2.32. The van der Waals surface area contributed by atoms with Crippen LogP contribution in [0.15, 0.2) is 122 Å². The molecule has 1 aliphatic rings. The minimum absolute atomic E-state index is 0.472. The van der Waals surface area contributed by atoms with Crippen LogP contribution in [-0.2, 0) is 19.3 Å². The Morgan fingerprint density at radius 3 is 2.49 bits per heavy atom. The highest BCUT2D eigenvalue weighted by molar-refractivity contribution is 5.76. The lowest BCUT2D eigenvalue weighted by molar-refractivity contribution is 0.912. The van der Waals surface area contributed by atoms with Crippen LogP contribution in [-0.4, -0.2) is 9.97 Å². The molecule has 4 aromatic rings. The number of allylic oxidation sites excluding steroid dienone is 5. The van der Waals surface area contributed by atoms with Gasteiger partial charge in [-0.2, -0.15) is 0 Å². The van der Waals surface area contributed by atoms with Crippen molar-refractivity contribution in [2.75, 3.05) is 11.1 Å². The molecule has 5 rings (SSSR count). The van der Waals surface area contributed by atoms with Gasteiger partial charge in [0.05, 0.1) is 29.0 Å². The number of hydrogen-bond acceptors (Lipinski definition) is 5. The molecular formula is C40H41N5. The van der Waals surface area contributed by atoms with E-state index in [-0.39, 0.29) is 0 Å². The number of nitrogen functional groups attached to an aromatic ring is 1. The number of terminal acetylenes is 1. The first-order chi connectivity index (χ1) is 21.9. The van der Waals surface area contributed by atoms with Crippen LogP contribution in [0, 0.1) is 19.8 Å². The lowest BCUT2D eigenvalue weighted by atomic mass is 9.98. The molecule has 0 atom stereocenters. The number of aryl methyl sites for hydroxylation is 2. The molecule has 0 amide bonds. The molecule has 5 nitrogen and oxygen atoms in total. The second kappa shape index (κ2) is 15.2. The zero-order chi connectivity index (χ0) is 32.3. The number of anilines is 2. The summed E-state index contributed by atoms with van der Waals surface area (Å²) in [6.07, 6.45) is 21.6. The number of nitrogens with zero attached hydrogens (tertiary/aromatic N) is 2. The maximum Gasteiger partial charge on any atom is 0.0704 e. The first-order valence-electron chi connectivity index (χ1n) is 15.0. The van der Waals surface area contributed by atoms with Gasteiger partial charge < -0.3 is 16.4 Å². The molecule has 2 heterocycles. The van der Waals surface area contributed by atoms with Crippen LogP contribution in [0.5, 0.6) is 0 Å². The molecule has 4 N–H and O–H groups in total. The molecule has 5 heteroatoms. The van der Waals surface area contributed by atoms with E-state index in [1.54, 1.807) is 6.08 Å². The van der Waals surface area contributed by atoms with E-state index in [0.29, 0.717) is 12.1 Å². The van der Waals surface area contributed by atoms with E-state index >= 15 is 0 Å². The largest absolute Gasteiger partial charge is 0.397 e. The van der Waals surface area contributed by atoms with Gasteiger partial charge >= 0.3 is 0 Å². The number of pyridine rings is 2. The lowest BCUT2D eigenvalue weighted by Crippen LogP contribution is -2.10. The average molecular weight is 592 g/mol. The first-order valence-corrected chi connectivity index (χ1v) is 15.0. The molecule has 0 aliphatic heterocycles. The average Bonchev–Trinajstić information content (AvgIpc) is 3.54. The summed E-state index contributed by atoms with van der Waals surface area (Å²) in [4.78, 5) is 9.47. The van der Waals surface area contributed by atoms with E-state index in [1.165, 1.54) is 29.5 Å². The highest BCUT2D eigenvalue weighted by Gasteiger charge is 2.15. The smallest absolute Gasteiger partial charge is 0.0704 e. The molecule has 0 saturated heterocycles. The molecule has 0 saturated carbocycles. The summed E-state index contributed by atoms with van der Waals surface area (Å²) >= 11 is 0. The minimum atomic E-state index is 0.472. The fourth-order valence-corrected chi connectivity index (χ4v) is 5.44. The van der Waals surface area contributed by atoms with Crippen molar-refractivity contribution in [2.24, 2.45) is 0 Å². The lowest BCUT2D eigenvalue weighted by Gasteiger charge is -2.16. The molecule has 0 bridgehead atoms. The van der Waals surface area contributed by atoms with E-state index in [9.17, 15) is 0 Å². The summed E-state index contributed by atoms with van der Waals surface area (Å²) < 4.78 is 0. The van der Waals surface area contributed by atoms with Gasteiger partial charge in [-0.1, -0.05) is 74.3 Å². The van der Waals surface area contributed by atoms with Crippen LogP contribution >= 0.6 is 0 Å². The van der Waals surface area contributed by atoms with Crippen molar-refractivity contribution in [3.8, 4) is 24.0 Å². The summed E-state index contributed by atoms with van der Waals surface area (Å²) in [6.45, 7) is 16.6. The predicted octanol–water partition coefficient (Wildman–Crippen LogP) is 8.67. The van der Waals surface area contributed by atoms with Gasteiger partial charge in [0.1, 0.15) is 0 Å². The maximum absolute atomic E-state index is 6.39. The van der Waals surface area contributed by atoms with Gasteiger partial charge in [0.25, 0.3) is 0 Å². The van der Waals surface area contributed by atoms with E-state index in [4.69, 9.17) is 10.7 Å². The topological polar surface area (TPSA) is 75.9 Å². The van der Waals surface area contributed by atoms with Crippen molar-refractivity contribution in [3.63, 3.8) is 0 Å². The molecule has 0 spiro atoms. The maximum atomic E-state index is 6.39. The number of nitrogens with two attached hydrogens (primary N) is 1. The third-order valence-electron chi connectivity index (χ3n) is 7.88. The Hall–Kier alpha value is -5.60. The van der Waals surface area contributed by atoms with Crippen LogP contribution in [0.1, 0.15) is 47.0 Å². The van der Waals surface area contributed by atoms with E-state index in [1.807, 2.05) is 73.9 Å². The van der Waals surface area contributed by atoms with Gasteiger partial charge in [-0.05, 0) is 90.8 Å². The van der Waals surface area contributed by atoms with Crippen molar-refractivity contribution in [1.29, 1.82) is 0 Å². The summed E-state index contributed by atoms with van der Waals surface area (Å²) in [6, 6.07) is 20.6. The fourth-order valence-electron chi connectivity index (χ4n) is 5.44. The highest BCUT2D eigenvalue weighted by atomic mass is 14.9. The Morgan fingerprint density at radius 2 is 1.76 bits per heavy atom. The van der Waals surface area contributed by atoms with Crippen LogP contribution in [0.25, 0.3) is 22.4 Å². The second-order valence-corrected chi connectivity index (χ2v) is 10.9. The van der Waals surface area contributed by atoms with Crippen molar-refractivity contribution in [1.82, 2.24) is 15.3 Å².